The largest absolute Gasteiger partial charge is 0.748 e. The molecular weight excluding hydrogens is 588 g/mol. The van der Waals surface area contributed by atoms with Crippen molar-refractivity contribution >= 4 is 22.1 Å². The molecule has 0 radical (unpaired) electrons. The van der Waals surface area contributed by atoms with E-state index >= 15 is 0 Å². The molecule has 0 spiro atoms. The van der Waals surface area contributed by atoms with Gasteiger partial charge in [0.2, 0.25) is 0 Å². The van der Waals surface area contributed by atoms with Crippen LogP contribution in [0.15, 0.2) is 36.0 Å². The number of esters is 2. The molecule has 0 aromatic heterocycles. The smallest absolute Gasteiger partial charge is 0.330 e. The Morgan fingerprint density at radius 2 is 1.20 bits per heavy atom. The zero-order chi connectivity index (χ0) is 33.4. The van der Waals surface area contributed by atoms with Gasteiger partial charge in [-0.2, -0.15) is 0 Å². The highest BCUT2D eigenvalue weighted by Gasteiger charge is 2.09. The first-order valence-corrected chi connectivity index (χ1v) is 19.5. The van der Waals surface area contributed by atoms with Gasteiger partial charge in [-0.05, 0) is 78.1 Å². The molecule has 0 aromatic carbocycles. The predicted octanol–water partition coefficient (Wildman–Crippen LogP) is 10.1. The summed E-state index contributed by atoms with van der Waals surface area (Å²) in [5, 5.41) is 0. The fourth-order valence-corrected chi connectivity index (χ4v) is 5.33. The summed E-state index contributed by atoms with van der Waals surface area (Å²) in [7, 11) is -4.39. The number of unbranched alkanes of at least 4 members (excludes halogenated alkanes) is 16. The Labute approximate surface area is 276 Å². The maximum atomic E-state index is 12.1. The third-order valence-electron chi connectivity index (χ3n) is 7.77. The zero-order valence-corrected chi connectivity index (χ0v) is 29.7. The van der Waals surface area contributed by atoms with E-state index < -0.39 is 28.4 Å². The molecule has 0 saturated heterocycles. The van der Waals surface area contributed by atoms with Crippen LogP contribution in [0, 0.1) is 0 Å². The average molecular weight is 654 g/mol. The molecule has 0 rings (SSSR count). The Morgan fingerprint density at radius 3 is 1.78 bits per heavy atom. The number of hydrogen-bond donors (Lipinski definition) is 0. The van der Waals surface area contributed by atoms with Gasteiger partial charge in [-0.15, -0.1) is 0 Å². The fraction of sp³-hybridized carbons (Fsp3) is 0.784. The Kier molecular flexibility index (Phi) is 29.4. The second-order valence-corrected chi connectivity index (χ2v) is 13.9. The molecular formula is C37H65O7S-. The molecule has 0 aliphatic rings. The van der Waals surface area contributed by atoms with E-state index in [2.05, 4.69) is 31.2 Å². The minimum atomic E-state index is -4.39. The molecule has 8 heteroatoms. The van der Waals surface area contributed by atoms with E-state index in [1.165, 1.54) is 89.5 Å². The molecule has 0 unspecified atom stereocenters. The molecule has 1 atom stereocenters. The number of allylic oxidation sites excluding steroid dienone is 5. The highest BCUT2D eigenvalue weighted by molar-refractivity contribution is 7.85. The Bertz CT molecular complexity index is 921. The molecule has 0 saturated carbocycles. The number of carbonyl (C=O) groups excluding carboxylic acids is 2. The first-order chi connectivity index (χ1) is 21.6. The van der Waals surface area contributed by atoms with E-state index in [-0.39, 0.29) is 12.1 Å². The van der Waals surface area contributed by atoms with Crippen molar-refractivity contribution in [1.29, 1.82) is 0 Å². The van der Waals surface area contributed by atoms with Crippen molar-refractivity contribution in [3.63, 3.8) is 0 Å². The van der Waals surface area contributed by atoms with Crippen molar-refractivity contribution in [3.05, 3.63) is 36.0 Å². The SMILES string of the molecule is CCCCCCCCCCCCCC/C=C\CC/C=C\CCCC(=O)O[C@H](C)CCCCC/C(C)=C\C(=O)OCCS(=O)(=O)[O-]. The van der Waals surface area contributed by atoms with Gasteiger partial charge in [0.1, 0.15) is 6.61 Å². The lowest BCUT2D eigenvalue weighted by Gasteiger charge is -2.13. The molecule has 0 N–H and O–H groups in total. The lowest BCUT2D eigenvalue weighted by Crippen LogP contribution is -2.14. The van der Waals surface area contributed by atoms with Gasteiger partial charge < -0.3 is 14.0 Å². The maximum absolute atomic E-state index is 12.1. The first kappa shape index (κ1) is 43.1. The highest BCUT2D eigenvalue weighted by Crippen LogP contribution is 2.14. The molecule has 7 nitrogen and oxygen atoms in total. The van der Waals surface area contributed by atoms with E-state index in [1.54, 1.807) is 0 Å². The summed E-state index contributed by atoms with van der Waals surface area (Å²) in [4.78, 5) is 23.7. The van der Waals surface area contributed by atoms with Crippen LogP contribution in [0.25, 0.3) is 0 Å². The van der Waals surface area contributed by atoms with Crippen LogP contribution in [0.1, 0.15) is 168 Å². The first-order valence-electron chi connectivity index (χ1n) is 17.9. The summed E-state index contributed by atoms with van der Waals surface area (Å²) < 4.78 is 41.8. The number of hydrogen-bond acceptors (Lipinski definition) is 7. The molecule has 0 aliphatic carbocycles. The van der Waals surface area contributed by atoms with Crippen molar-refractivity contribution in [1.82, 2.24) is 0 Å². The molecule has 45 heavy (non-hydrogen) atoms. The molecule has 262 valence electrons. The normalized spacial score (nSPS) is 13.1. The van der Waals surface area contributed by atoms with Crippen molar-refractivity contribution < 1.29 is 32.0 Å². The van der Waals surface area contributed by atoms with Crippen molar-refractivity contribution in [2.75, 3.05) is 12.4 Å². The van der Waals surface area contributed by atoms with Crippen molar-refractivity contribution in [2.45, 2.75) is 175 Å². The van der Waals surface area contributed by atoms with Gasteiger partial charge in [0.15, 0.2) is 0 Å². The summed E-state index contributed by atoms with van der Waals surface area (Å²) in [6.07, 6.45) is 36.7. The van der Waals surface area contributed by atoms with Crippen LogP contribution in [0.2, 0.25) is 0 Å². The lowest BCUT2D eigenvalue weighted by atomic mass is 10.0. The van der Waals surface area contributed by atoms with E-state index in [1.807, 2.05) is 13.8 Å². The zero-order valence-electron chi connectivity index (χ0n) is 28.9. The van der Waals surface area contributed by atoms with Gasteiger partial charge in [-0.1, -0.05) is 114 Å². The monoisotopic (exact) mass is 653 g/mol. The van der Waals surface area contributed by atoms with E-state index in [9.17, 15) is 22.6 Å². The van der Waals surface area contributed by atoms with Crippen LogP contribution in [0.4, 0.5) is 0 Å². The minimum Gasteiger partial charge on any atom is -0.748 e. The molecule has 0 fully saturated rings. The topological polar surface area (TPSA) is 110 Å². The van der Waals surface area contributed by atoms with Gasteiger partial charge in [0.05, 0.1) is 22.0 Å². The summed E-state index contributed by atoms with van der Waals surface area (Å²) in [5.41, 5.74) is 0.833. The van der Waals surface area contributed by atoms with Crippen LogP contribution in [0.3, 0.4) is 0 Å². The van der Waals surface area contributed by atoms with E-state index in [0.717, 1.165) is 56.9 Å². The van der Waals surface area contributed by atoms with E-state index in [4.69, 9.17) is 9.47 Å². The third-order valence-corrected chi connectivity index (χ3v) is 8.43. The summed E-state index contributed by atoms with van der Waals surface area (Å²) in [5.74, 6) is -1.50. The van der Waals surface area contributed by atoms with Crippen LogP contribution in [0.5, 0.6) is 0 Å². The van der Waals surface area contributed by atoms with Crippen LogP contribution >= 0.6 is 0 Å². The predicted molar refractivity (Wildman–Crippen MR) is 185 cm³/mol. The number of carbonyl (C=O) groups is 2. The molecule has 0 heterocycles. The Morgan fingerprint density at radius 1 is 0.689 bits per heavy atom. The fourth-order valence-electron chi connectivity index (χ4n) is 5.05. The number of rotatable bonds is 31. The van der Waals surface area contributed by atoms with Crippen molar-refractivity contribution in [2.24, 2.45) is 0 Å². The van der Waals surface area contributed by atoms with Crippen LogP contribution in [-0.2, 0) is 29.2 Å². The Balaban J connectivity index is 3.60. The summed E-state index contributed by atoms with van der Waals surface area (Å²) >= 11 is 0. The van der Waals surface area contributed by atoms with Gasteiger partial charge in [-0.25, -0.2) is 13.2 Å². The third kappa shape index (κ3) is 34.8. The van der Waals surface area contributed by atoms with Gasteiger partial charge >= 0.3 is 11.9 Å². The summed E-state index contributed by atoms with van der Waals surface area (Å²) in [6.45, 7) is 5.58. The maximum Gasteiger partial charge on any atom is 0.330 e. The molecule has 0 bridgehead atoms. The second kappa shape index (κ2) is 30.7. The Hall–Kier alpha value is -1.93. The number of ether oxygens (including phenoxy) is 2. The van der Waals surface area contributed by atoms with Gasteiger partial charge in [-0.3, -0.25) is 4.79 Å². The molecule has 0 amide bonds. The highest BCUT2D eigenvalue weighted by atomic mass is 32.2. The average Bonchev–Trinajstić information content (AvgIpc) is 2.97. The van der Waals surface area contributed by atoms with Crippen molar-refractivity contribution in [3.8, 4) is 0 Å². The van der Waals surface area contributed by atoms with E-state index in [0.29, 0.717) is 12.8 Å². The standard InChI is InChI=1S/C37H66O7S/c1-4-5-6-7-8-9-10-11-12-13-14-15-16-17-18-19-20-21-22-23-27-30-36(38)44-35(3)29-26-24-25-28-34(2)33-37(39)43-31-32-45(40,41)42/h17-18,21-22,33,35H,4-16,19-20,23-32H2,1-3H3,(H,40,41,42)/p-1/b18-17-,22-21-,34-33-/t35-/m1/s1. The molecule has 0 aliphatic heterocycles. The lowest BCUT2D eigenvalue weighted by molar-refractivity contribution is -0.148. The van der Waals surface area contributed by atoms with Gasteiger partial charge in [0.25, 0.3) is 0 Å². The van der Waals surface area contributed by atoms with Crippen LogP contribution in [-0.4, -0.2) is 43.4 Å². The summed E-state index contributed by atoms with van der Waals surface area (Å²) in [6, 6.07) is 0. The minimum absolute atomic E-state index is 0.112. The second-order valence-electron chi connectivity index (χ2n) is 12.4. The molecule has 0 aromatic rings. The van der Waals surface area contributed by atoms with Crippen LogP contribution < -0.4 is 0 Å². The quantitative estimate of drug-likeness (QED) is 0.0241. The van der Waals surface area contributed by atoms with Gasteiger partial charge in [0, 0.05) is 12.5 Å².